The smallest absolute Gasteiger partial charge is 0.224 e. The van der Waals surface area contributed by atoms with Crippen molar-refractivity contribution in [3.05, 3.63) is 94.3 Å². The van der Waals surface area contributed by atoms with Gasteiger partial charge in [-0.25, -0.2) is 0 Å². The first-order valence-electron chi connectivity index (χ1n) is 11.9. The normalized spacial score (nSPS) is 15.6. The number of ether oxygens (including phenoxy) is 1. The second-order valence-corrected chi connectivity index (χ2v) is 9.35. The van der Waals surface area contributed by atoms with Gasteiger partial charge in [-0.1, -0.05) is 41.9 Å². The molecule has 1 unspecified atom stereocenters. The topological polar surface area (TPSA) is 54.5 Å². The number of pyridine rings is 1. The van der Waals surface area contributed by atoms with Crippen LogP contribution >= 0.6 is 11.6 Å². The van der Waals surface area contributed by atoms with E-state index in [-0.39, 0.29) is 17.9 Å². The number of hydrogen-bond donors (Lipinski definition) is 1. The Kier molecular flexibility index (Phi) is 8.20. The van der Waals surface area contributed by atoms with Gasteiger partial charge in [-0.3, -0.25) is 9.78 Å². The number of methoxy groups -OCH3 is 1. The zero-order chi connectivity index (χ0) is 23.9. The van der Waals surface area contributed by atoms with Gasteiger partial charge in [0.25, 0.3) is 0 Å². The van der Waals surface area contributed by atoms with Gasteiger partial charge in [0.1, 0.15) is 5.75 Å². The Balaban J connectivity index is 1.36. The summed E-state index contributed by atoms with van der Waals surface area (Å²) in [6, 6.07) is 19.5. The Morgan fingerprint density at radius 2 is 1.91 bits per heavy atom. The summed E-state index contributed by atoms with van der Waals surface area (Å²) in [5.74, 6) is 0.996. The predicted molar refractivity (Wildman–Crippen MR) is 136 cm³/mol. The molecule has 1 saturated heterocycles. The standard InChI is InChI=1S/C28H32ClN3O2/c1-20-5-4-15-30-26(20)27(22-8-10-24(29)11-9-22)31-28(33)23-13-17-32(18-14-23)16-12-21-6-3-7-25(19-21)34-2/h3-11,15,19,23,27H,12-14,16-18H2,1-2H3,(H,31,33). The minimum atomic E-state index is -0.294. The van der Waals surface area contributed by atoms with Crippen molar-refractivity contribution in [1.29, 1.82) is 0 Å². The number of nitrogens with one attached hydrogen (secondary N) is 1. The van der Waals surface area contributed by atoms with Crippen LogP contribution in [0.1, 0.15) is 41.3 Å². The predicted octanol–water partition coefficient (Wildman–Crippen LogP) is 5.21. The number of benzene rings is 2. The molecule has 1 aromatic heterocycles. The van der Waals surface area contributed by atoms with Crippen molar-refractivity contribution in [3.8, 4) is 5.75 Å². The molecule has 1 atom stereocenters. The van der Waals surface area contributed by atoms with E-state index in [2.05, 4.69) is 27.3 Å². The number of aryl methyl sites for hydroxylation is 1. The molecule has 5 nitrogen and oxygen atoms in total. The second kappa shape index (κ2) is 11.5. The molecule has 0 saturated carbocycles. The fourth-order valence-electron chi connectivity index (χ4n) is 4.56. The number of halogens is 1. The van der Waals surface area contributed by atoms with Gasteiger partial charge in [0.2, 0.25) is 5.91 Å². The lowest BCUT2D eigenvalue weighted by Gasteiger charge is -2.32. The van der Waals surface area contributed by atoms with Gasteiger partial charge in [-0.2, -0.15) is 0 Å². The van der Waals surface area contributed by atoms with E-state index in [1.807, 2.05) is 55.5 Å². The number of likely N-dealkylation sites (tertiary alicyclic amines) is 1. The largest absolute Gasteiger partial charge is 0.497 e. The number of nitrogens with zero attached hydrogens (tertiary/aromatic N) is 2. The van der Waals surface area contributed by atoms with Crippen LogP contribution in [-0.4, -0.2) is 42.5 Å². The van der Waals surface area contributed by atoms with Crippen LogP contribution < -0.4 is 10.1 Å². The van der Waals surface area contributed by atoms with Crippen molar-refractivity contribution < 1.29 is 9.53 Å². The summed E-state index contributed by atoms with van der Waals surface area (Å²) in [6.07, 6.45) is 4.47. The Labute approximate surface area is 207 Å². The number of carbonyl (C=O) groups is 1. The Hall–Kier alpha value is -2.89. The van der Waals surface area contributed by atoms with Crippen LogP contribution in [0.25, 0.3) is 0 Å². The van der Waals surface area contributed by atoms with Crippen LogP contribution in [0.4, 0.5) is 0 Å². The molecule has 1 aliphatic rings. The lowest BCUT2D eigenvalue weighted by molar-refractivity contribution is -0.127. The van der Waals surface area contributed by atoms with Crippen molar-refractivity contribution in [2.45, 2.75) is 32.2 Å². The minimum Gasteiger partial charge on any atom is -0.497 e. The zero-order valence-electron chi connectivity index (χ0n) is 19.8. The Morgan fingerprint density at radius 3 is 2.62 bits per heavy atom. The van der Waals surface area contributed by atoms with E-state index in [1.54, 1.807) is 13.3 Å². The zero-order valence-corrected chi connectivity index (χ0v) is 20.6. The van der Waals surface area contributed by atoms with Gasteiger partial charge in [0.15, 0.2) is 0 Å². The van der Waals surface area contributed by atoms with E-state index in [1.165, 1.54) is 5.56 Å². The van der Waals surface area contributed by atoms with Crippen molar-refractivity contribution in [2.75, 3.05) is 26.7 Å². The van der Waals surface area contributed by atoms with Crippen molar-refractivity contribution >= 4 is 17.5 Å². The molecule has 0 bridgehead atoms. The average molecular weight is 478 g/mol. The van der Waals surface area contributed by atoms with Crippen LogP contribution in [0.5, 0.6) is 5.75 Å². The third-order valence-electron chi connectivity index (χ3n) is 6.62. The summed E-state index contributed by atoms with van der Waals surface area (Å²) in [5.41, 5.74) is 4.18. The van der Waals surface area contributed by atoms with Crippen molar-refractivity contribution in [3.63, 3.8) is 0 Å². The third-order valence-corrected chi connectivity index (χ3v) is 6.87. The van der Waals surface area contributed by atoms with Crippen LogP contribution in [-0.2, 0) is 11.2 Å². The molecule has 4 rings (SSSR count). The quantitative estimate of drug-likeness (QED) is 0.483. The van der Waals surface area contributed by atoms with Gasteiger partial charge >= 0.3 is 0 Å². The molecule has 178 valence electrons. The second-order valence-electron chi connectivity index (χ2n) is 8.92. The molecular formula is C28H32ClN3O2. The highest BCUT2D eigenvalue weighted by Gasteiger charge is 2.28. The first-order valence-corrected chi connectivity index (χ1v) is 12.2. The fourth-order valence-corrected chi connectivity index (χ4v) is 4.68. The van der Waals surface area contributed by atoms with Crippen LogP contribution in [0.2, 0.25) is 5.02 Å². The monoisotopic (exact) mass is 477 g/mol. The van der Waals surface area contributed by atoms with Gasteiger partial charge in [-0.05, 0) is 86.3 Å². The van der Waals surface area contributed by atoms with E-state index in [9.17, 15) is 4.79 Å². The first-order chi connectivity index (χ1) is 16.5. The maximum absolute atomic E-state index is 13.3. The average Bonchev–Trinajstić information content (AvgIpc) is 2.87. The fraction of sp³-hybridized carbons (Fsp3) is 0.357. The summed E-state index contributed by atoms with van der Waals surface area (Å²) >= 11 is 6.10. The van der Waals surface area contributed by atoms with Crippen molar-refractivity contribution in [1.82, 2.24) is 15.2 Å². The SMILES string of the molecule is COc1cccc(CCN2CCC(C(=O)NC(c3ccc(Cl)cc3)c3ncccc3C)CC2)c1. The summed E-state index contributed by atoms with van der Waals surface area (Å²) in [7, 11) is 1.70. The summed E-state index contributed by atoms with van der Waals surface area (Å²) in [5, 5.41) is 3.96. The number of rotatable bonds is 8. The highest BCUT2D eigenvalue weighted by molar-refractivity contribution is 6.30. The highest BCUT2D eigenvalue weighted by Crippen LogP contribution is 2.26. The maximum Gasteiger partial charge on any atom is 0.224 e. The minimum absolute atomic E-state index is 0.00638. The van der Waals surface area contributed by atoms with Gasteiger partial charge in [0, 0.05) is 23.7 Å². The lowest BCUT2D eigenvalue weighted by Crippen LogP contribution is -2.42. The molecule has 3 aromatic rings. The molecule has 1 fully saturated rings. The highest BCUT2D eigenvalue weighted by atomic mass is 35.5. The van der Waals surface area contributed by atoms with E-state index < -0.39 is 0 Å². The van der Waals surface area contributed by atoms with Gasteiger partial charge in [0.05, 0.1) is 18.8 Å². The third kappa shape index (κ3) is 6.16. The molecule has 0 spiro atoms. The van der Waals surface area contributed by atoms with Crippen molar-refractivity contribution in [2.24, 2.45) is 5.92 Å². The van der Waals surface area contributed by atoms with E-state index >= 15 is 0 Å². The maximum atomic E-state index is 13.3. The van der Waals surface area contributed by atoms with E-state index in [4.69, 9.17) is 16.3 Å². The number of carbonyl (C=O) groups excluding carboxylic acids is 1. The lowest BCUT2D eigenvalue weighted by atomic mass is 9.93. The van der Waals surface area contributed by atoms with Gasteiger partial charge < -0.3 is 15.0 Å². The Bertz CT molecular complexity index is 1090. The molecule has 0 radical (unpaired) electrons. The Morgan fingerprint density at radius 1 is 1.15 bits per heavy atom. The van der Waals surface area contributed by atoms with Crippen LogP contribution in [0.3, 0.4) is 0 Å². The van der Waals surface area contributed by atoms with E-state index in [0.29, 0.717) is 5.02 Å². The number of amides is 1. The summed E-state index contributed by atoms with van der Waals surface area (Å²) in [4.78, 5) is 20.3. The number of aromatic nitrogens is 1. The molecule has 0 aliphatic carbocycles. The molecule has 6 heteroatoms. The first kappa shape index (κ1) is 24.2. The molecule has 2 heterocycles. The molecule has 34 heavy (non-hydrogen) atoms. The molecule has 1 N–H and O–H groups in total. The molecule has 2 aromatic carbocycles. The number of hydrogen-bond acceptors (Lipinski definition) is 4. The van der Waals surface area contributed by atoms with E-state index in [0.717, 1.165) is 61.5 Å². The summed E-state index contributed by atoms with van der Waals surface area (Å²) < 4.78 is 5.33. The van der Waals surface area contributed by atoms with Gasteiger partial charge in [-0.15, -0.1) is 0 Å². The van der Waals surface area contributed by atoms with Crippen LogP contribution in [0, 0.1) is 12.8 Å². The number of piperidine rings is 1. The van der Waals surface area contributed by atoms with Crippen LogP contribution in [0.15, 0.2) is 66.9 Å². The molecule has 1 amide bonds. The summed E-state index contributed by atoms with van der Waals surface area (Å²) in [6.45, 7) is 4.87. The molecule has 1 aliphatic heterocycles. The molecular weight excluding hydrogens is 446 g/mol.